The molecule has 2 rings (SSSR count). The van der Waals surface area contributed by atoms with E-state index >= 15 is 0 Å². The van der Waals surface area contributed by atoms with E-state index in [0.29, 0.717) is 16.9 Å². The van der Waals surface area contributed by atoms with Gasteiger partial charge in [-0.3, -0.25) is 0 Å². The molecule has 6 heteroatoms. The third-order valence-electron chi connectivity index (χ3n) is 2.49. The Morgan fingerprint density at radius 1 is 1.37 bits per heavy atom. The number of ether oxygens (including phenoxy) is 1. The fraction of sp³-hybridized carbons (Fsp3) is 0.0769. The number of oxime groups is 1. The molecule has 2 aromatic rings. The normalized spacial score (nSPS) is 11.4. The van der Waals surface area contributed by atoms with Gasteiger partial charge in [0.05, 0.1) is 0 Å². The van der Waals surface area contributed by atoms with Crippen LogP contribution in [0.2, 0.25) is 0 Å². The second kappa shape index (κ2) is 5.34. The van der Waals surface area contributed by atoms with Crippen molar-refractivity contribution in [2.24, 2.45) is 10.9 Å². The van der Waals surface area contributed by atoms with E-state index in [4.69, 9.17) is 15.7 Å². The molecule has 0 spiro atoms. The smallest absolute Gasteiger partial charge is 0.219 e. The van der Waals surface area contributed by atoms with Gasteiger partial charge in [-0.05, 0) is 36.8 Å². The molecule has 0 radical (unpaired) electrons. The lowest BCUT2D eigenvalue weighted by molar-refractivity contribution is 0.318. The Kier molecular flexibility index (Phi) is 3.61. The topological polar surface area (TPSA) is 80.7 Å². The average Bonchev–Trinajstić information content (AvgIpc) is 2.42. The highest BCUT2D eigenvalue weighted by molar-refractivity contribution is 5.97. The van der Waals surface area contributed by atoms with Gasteiger partial charge < -0.3 is 15.7 Å². The lowest BCUT2D eigenvalue weighted by Crippen LogP contribution is -2.13. The summed E-state index contributed by atoms with van der Waals surface area (Å²) < 4.78 is 18.6. The van der Waals surface area contributed by atoms with Gasteiger partial charge in [-0.25, -0.2) is 9.37 Å². The zero-order valence-corrected chi connectivity index (χ0v) is 10.2. The van der Waals surface area contributed by atoms with Crippen LogP contribution in [0.5, 0.6) is 11.6 Å². The highest BCUT2D eigenvalue weighted by atomic mass is 19.1. The van der Waals surface area contributed by atoms with Gasteiger partial charge in [0.1, 0.15) is 11.6 Å². The van der Waals surface area contributed by atoms with Gasteiger partial charge in [-0.15, -0.1) is 0 Å². The quantitative estimate of drug-likeness (QED) is 0.385. The number of aromatic nitrogens is 1. The lowest BCUT2D eigenvalue weighted by Gasteiger charge is -2.07. The Bertz CT molecular complexity index is 629. The van der Waals surface area contributed by atoms with Crippen LogP contribution in [0.25, 0.3) is 0 Å². The lowest BCUT2D eigenvalue weighted by atomic mass is 10.2. The van der Waals surface area contributed by atoms with Crippen molar-refractivity contribution < 1.29 is 14.3 Å². The van der Waals surface area contributed by atoms with Crippen LogP contribution in [0.3, 0.4) is 0 Å². The number of nitrogens with zero attached hydrogens (tertiary/aromatic N) is 2. The molecule has 98 valence electrons. The number of rotatable bonds is 3. The molecule has 0 saturated carbocycles. The molecule has 0 amide bonds. The molecule has 5 nitrogen and oxygen atoms in total. The fourth-order valence-corrected chi connectivity index (χ4v) is 1.48. The molecule has 1 aromatic carbocycles. The first-order chi connectivity index (χ1) is 9.10. The minimum atomic E-state index is -0.300. The summed E-state index contributed by atoms with van der Waals surface area (Å²) in [6.07, 6.45) is 1.47. The van der Waals surface area contributed by atoms with Crippen LogP contribution in [0.15, 0.2) is 41.7 Å². The summed E-state index contributed by atoms with van der Waals surface area (Å²) in [7, 11) is 0. The van der Waals surface area contributed by atoms with Crippen molar-refractivity contribution in [3.05, 3.63) is 53.5 Å². The molecule has 0 atom stereocenters. The summed E-state index contributed by atoms with van der Waals surface area (Å²) in [5, 5.41) is 11.5. The Balaban J connectivity index is 2.26. The standard InChI is InChI=1S/C13H12FN3O2/c1-8-6-10(2-3-11(8)14)19-12-7-9(4-5-16-12)13(15)17-18/h2-7,18H,1H3,(H2,15,17). The van der Waals surface area contributed by atoms with Gasteiger partial charge in [-0.2, -0.15) is 0 Å². The van der Waals surface area contributed by atoms with Crippen LogP contribution in [0.1, 0.15) is 11.1 Å². The molecule has 0 aliphatic rings. The Labute approximate surface area is 109 Å². The number of aryl methyl sites for hydroxylation is 1. The summed E-state index contributed by atoms with van der Waals surface area (Å²) in [4.78, 5) is 4.00. The molecule has 0 unspecified atom stereocenters. The molecule has 0 saturated heterocycles. The fourth-order valence-electron chi connectivity index (χ4n) is 1.48. The largest absolute Gasteiger partial charge is 0.439 e. The number of nitrogens with two attached hydrogens (primary N) is 1. The number of amidine groups is 1. The molecule has 0 aliphatic heterocycles. The van der Waals surface area contributed by atoms with E-state index in [9.17, 15) is 4.39 Å². The van der Waals surface area contributed by atoms with E-state index in [-0.39, 0.29) is 17.5 Å². The van der Waals surface area contributed by atoms with Crippen molar-refractivity contribution >= 4 is 5.84 Å². The zero-order chi connectivity index (χ0) is 13.8. The van der Waals surface area contributed by atoms with E-state index in [2.05, 4.69) is 10.1 Å². The molecule has 1 heterocycles. The first-order valence-electron chi connectivity index (χ1n) is 5.48. The average molecular weight is 261 g/mol. The summed E-state index contributed by atoms with van der Waals surface area (Å²) in [6.45, 7) is 1.64. The third-order valence-corrected chi connectivity index (χ3v) is 2.49. The van der Waals surface area contributed by atoms with E-state index in [1.807, 2.05) is 0 Å². The third kappa shape index (κ3) is 2.98. The second-order valence-electron chi connectivity index (χ2n) is 3.88. The van der Waals surface area contributed by atoms with Gasteiger partial charge in [0.25, 0.3) is 0 Å². The minimum Gasteiger partial charge on any atom is -0.439 e. The number of pyridine rings is 1. The monoisotopic (exact) mass is 261 g/mol. The van der Waals surface area contributed by atoms with Gasteiger partial charge in [0, 0.05) is 17.8 Å². The molecule has 0 aliphatic carbocycles. The van der Waals surface area contributed by atoms with Gasteiger partial charge in [0.2, 0.25) is 5.88 Å². The van der Waals surface area contributed by atoms with E-state index in [1.54, 1.807) is 19.1 Å². The Hall–Kier alpha value is -2.63. The zero-order valence-electron chi connectivity index (χ0n) is 10.2. The van der Waals surface area contributed by atoms with E-state index < -0.39 is 0 Å². The van der Waals surface area contributed by atoms with Crippen LogP contribution < -0.4 is 10.5 Å². The van der Waals surface area contributed by atoms with Crippen LogP contribution >= 0.6 is 0 Å². The molecule has 0 bridgehead atoms. The van der Waals surface area contributed by atoms with Gasteiger partial charge in [-0.1, -0.05) is 5.16 Å². The molecule has 3 N–H and O–H groups in total. The van der Waals surface area contributed by atoms with Crippen LogP contribution in [0.4, 0.5) is 4.39 Å². The Morgan fingerprint density at radius 3 is 2.84 bits per heavy atom. The van der Waals surface area contributed by atoms with Crippen molar-refractivity contribution in [1.82, 2.24) is 4.98 Å². The predicted octanol–water partition coefficient (Wildman–Crippen LogP) is 2.42. The summed E-state index contributed by atoms with van der Waals surface area (Å²) in [6, 6.07) is 7.48. The van der Waals surface area contributed by atoms with Crippen LogP contribution in [-0.2, 0) is 0 Å². The van der Waals surface area contributed by atoms with Crippen molar-refractivity contribution in [1.29, 1.82) is 0 Å². The van der Waals surface area contributed by atoms with Crippen molar-refractivity contribution in [2.45, 2.75) is 6.92 Å². The predicted molar refractivity (Wildman–Crippen MR) is 68.0 cm³/mol. The molecule has 0 fully saturated rings. The second-order valence-corrected chi connectivity index (χ2v) is 3.88. The molecule has 1 aromatic heterocycles. The first kappa shape index (κ1) is 12.8. The number of hydrogen-bond acceptors (Lipinski definition) is 4. The molecular weight excluding hydrogens is 249 g/mol. The van der Waals surface area contributed by atoms with Crippen molar-refractivity contribution in [2.75, 3.05) is 0 Å². The van der Waals surface area contributed by atoms with Gasteiger partial charge >= 0.3 is 0 Å². The van der Waals surface area contributed by atoms with Gasteiger partial charge in [0.15, 0.2) is 5.84 Å². The highest BCUT2D eigenvalue weighted by Crippen LogP contribution is 2.22. The van der Waals surface area contributed by atoms with Crippen LogP contribution in [-0.4, -0.2) is 16.0 Å². The molecule has 19 heavy (non-hydrogen) atoms. The van der Waals surface area contributed by atoms with Crippen LogP contribution in [0, 0.1) is 12.7 Å². The minimum absolute atomic E-state index is 0.0393. The summed E-state index contributed by atoms with van der Waals surface area (Å²) in [5.41, 5.74) is 6.42. The highest BCUT2D eigenvalue weighted by Gasteiger charge is 2.05. The number of benzene rings is 1. The maximum Gasteiger partial charge on any atom is 0.219 e. The van der Waals surface area contributed by atoms with E-state index in [0.717, 1.165) is 0 Å². The maximum atomic E-state index is 13.1. The Morgan fingerprint density at radius 2 is 2.16 bits per heavy atom. The SMILES string of the molecule is Cc1cc(Oc2cc(/C(N)=N/O)ccn2)ccc1F. The summed E-state index contributed by atoms with van der Waals surface area (Å²) >= 11 is 0. The molecular formula is C13H12FN3O2. The van der Waals surface area contributed by atoms with E-state index in [1.165, 1.54) is 24.4 Å². The number of halogens is 1. The van der Waals surface area contributed by atoms with Crippen molar-refractivity contribution in [3.63, 3.8) is 0 Å². The number of hydrogen-bond donors (Lipinski definition) is 2. The summed E-state index contributed by atoms with van der Waals surface area (Å²) in [5.74, 6) is 0.395. The maximum absolute atomic E-state index is 13.1. The van der Waals surface area contributed by atoms with Crippen molar-refractivity contribution in [3.8, 4) is 11.6 Å². The first-order valence-corrected chi connectivity index (χ1v) is 5.48.